The van der Waals surface area contributed by atoms with Crippen molar-refractivity contribution in [2.75, 3.05) is 5.32 Å². The number of carbonyl (C=O) groups is 2. The van der Waals surface area contributed by atoms with Crippen molar-refractivity contribution in [2.24, 2.45) is 0 Å². The highest BCUT2D eigenvalue weighted by Gasteiger charge is 2.16. The van der Waals surface area contributed by atoms with Crippen molar-refractivity contribution >= 4 is 17.5 Å². The molecule has 2 amide bonds. The number of aryl methyl sites for hydroxylation is 1. The maximum absolute atomic E-state index is 12.3. The first-order chi connectivity index (χ1) is 11.6. The summed E-state index contributed by atoms with van der Waals surface area (Å²) >= 11 is 0. The van der Waals surface area contributed by atoms with Crippen LogP contribution in [0.15, 0.2) is 57.7 Å². The number of furan rings is 1. The Bertz CT molecular complexity index is 852. The van der Waals surface area contributed by atoms with Crippen molar-refractivity contribution in [3.05, 3.63) is 71.5 Å². The summed E-state index contributed by atoms with van der Waals surface area (Å²) in [6, 6.07) is 11.8. The average Bonchev–Trinajstić information content (AvgIpc) is 3.24. The smallest absolute Gasteiger partial charge is 0.277 e. The van der Waals surface area contributed by atoms with Crippen LogP contribution < -0.4 is 10.6 Å². The van der Waals surface area contributed by atoms with Gasteiger partial charge in [0.25, 0.3) is 11.8 Å². The van der Waals surface area contributed by atoms with Crippen LogP contribution in [0.5, 0.6) is 0 Å². The van der Waals surface area contributed by atoms with Crippen molar-refractivity contribution in [3.63, 3.8) is 0 Å². The van der Waals surface area contributed by atoms with E-state index in [1.165, 1.54) is 12.3 Å². The number of aromatic nitrogens is 1. The van der Waals surface area contributed by atoms with E-state index < -0.39 is 5.91 Å². The number of carbonyl (C=O) groups excluding carboxylic acids is 2. The zero-order chi connectivity index (χ0) is 16.9. The third-order valence-corrected chi connectivity index (χ3v) is 3.28. The fourth-order valence-corrected chi connectivity index (χ4v) is 2.13. The van der Waals surface area contributed by atoms with E-state index in [4.69, 9.17) is 8.94 Å². The quantitative estimate of drug-likeness (QED) is 0.752. The number of rotatable bonds is 5. The van der Waals surface area contributed by atoms with E-state index in [9.17, 15) is 9.59 Å². The number of amides is 2. The first kappa shape index (κ1) is 15.5. The largest absolute Gasteiger partial charge is 0.467 e. The molecule has 0 atom stereocenters. The van der Waals surface area contributed by atoms with Gasteiger partial charge < -0.3 is 19.6 Å². The molecule has 0 radical (unpaired) electrons. The molecule has 0 saturated heterocycles. The topological polar surface area (TPSA) is 97.4 Å². The molecule has 122 valence electrons. The van der Waals surface area contributed by atoms with Crippen LogP contribution in [0.3, 0.4) is 0 Å². The molecule has 0 aliphatic rings. The number of nitrogens with one attached hydrogen (secondary N) is 2. The molecule has 2 heterocycles. The van der Waals surface area contributed by atoms with E-state index in [-0.39, 0.29) is 18.1 Å². The van der Waals surface area contributed by atoms with Crippen molar-refractivity contribution in [2.45, 2.75) is 13.5 Å². The number of hydrogen-bond donors (Lipinski definition) is 2. The molecular formula is C17H15N3O4. The van der Waals surface area contributed by atoms with Crippen LogP contribution in [-0.4, -0.2) is 17.0 Å². The second-order valence-electron chi connectivity index (χ2n) is 5.08. The zero-order valence-electron chi connectivity index (χ0n) is 12.9. The Hall–Kier alpha value is -3.35. The van der Waals surface area contributed by atoms with Crippen molar-refractivity contribution in [1.82, 2.24) is 10.5 Å². The fourth-order valence-electron chi connectivity index (χ4n) is 2.13. The molecule has 0 spiro atoms. The third-order valence-electron chi connectivity index (χ3n) is 3.28. The average molecular weight is 325 g/mol. The van der Waals surface area contributed by atoms with Crippen molar-refractivity contribution in [1.29, 1.82) is 0 Å². The molecule has 7 heteroatoms. The molecule has 7 nitrogen and oxygen atoms in total. The Morgan fingerprint density at radius 3 is 2.67 bits per heavy atom. The highest BCUT2D eigenvalue weighted by atomic mass is 16.5. The summed E-state index contributed by atoms with van der Waals surface area (Å²) in [7, 11) is 0. The Labute approximate surface area is 137 Å². The van der Waals surface area contributed by atoms with Gasteiger partial charge in [0, 0.05) is 6.07 Å². The van der Waals surface area contributed by atoms with Gasteiger partial charge in [0.1, 0.15) is 11.5 Å². The molecule has 0 aliphatic carbocycles. The predicted octanol–water partition coefficient (Wildman–Crippen LogP) is 2.76. The zero-order valence-corrected chi connectivity index (χ0v) is 12.9. The lowest BCUT2D eigenvalue weighted by molar-refractivity contribution is 0.0949. The highest BCUT2D eigenvalue weighted by molar-refractivity contribution is 6.08. The molecule has 24 heavy (non-hydrogen) atoms. The molecule has 0 unspecified atom stereocenters. The van der Waals surface area contributed by atoms with Gasteiger partial charge in [-0.3, -0.25) is 9.59 Å². The van der Waals surface area contributed by atoms with Crippen LogP contribution in [0.25, 0.3) is 0 Å². The van der Waals surface area contributed by atoms with Crippen molar-refractivity contribution in [3.8, 4) is 0 Å². The van der Waals surface area contributed by atoms with E-state index in [0.29, 0.717) is 22.8 Å². The summed E-state index contributed by atoms with van der Waals surface area (Å²) in [5.41, 5.74) is 0.885. The van der Waals surface area contributed by atoms with Gasteiger partial charge in [0.2, 0.25) is 0 Å². The van der Waals surface area contributed by atoms with E-state index in [1.54, 1.807) is 43.3 Å². The summed E-state index contributed by atoms with van der Waals surface area (Å²) < 4.78 is 10.1. The van der Waals surface area contributed by atoms with Gasteiger partial charge in [0.05, 0.1) is 24.1 Å². The van der Waals surface area contributed by atoms with Crippen LogP contribution in [0.2, 0.25) is 0 Å². The third kappa shape index (κ3) is 3.52. The molecule has 2 N–H and O–H groups in total. The minimum atomic E-state index is -0.446. The molecule has 3 rings (SSSR count). The summed E-state index contributed by atoms with van der Waals surface area (Å²) in [5.74, 6) is 0.407. The van der Waals surface area contributed by atoms with Crippen molar-refractivity contribution < 1.29 is 18.5 Å². The molecule has 0 saturated carbocycles. The Morgan fingerprint density at radius 2 is 1.96 bits per heavy atom. The second kappa shape index (κ2) is 6.82. The predicted molar refractivity (Wildman–Crippen MR) is 85.5 cm³/mol. The monoisotopic (exact) mass is 325 g/mol. The first-order valence-corrected chi connectivity index (χ1v) is 7.28. The van der Waals surface area contributed by atoms with Crippen LogP contribution in [0.4, 0.5) is 5.69 Å². The number of benzene rings is 1. The summed E-state index contributed by atoms with van der Waals surface area (Å²) in [6.07, 6.45) is 1.54. The molecule has 0 aliphatic heterocycles. The number of para-hydroxylation sites is 1. The van der Waals surface area contributed by atoms with Gasteiger partial charge in [-0.1, -0.05) is 17.3 Å². The summed E-state index contributed by atoms with van der Waals surface area (Å²) in [6.45, 7) is 1.95. The maximum atomic E-state index is 12.3. The lowest BCUT2D eigenvalue weighted by atomic mass is 10.1. The minimum Gasteiger partial charge on any atom is -0.467 e. The minimum absolute atomic E-state index is 0.151. The fraction of sp³-hybridized carbons (Fsp3) is 0.118. The standard InChI is InChI=1S/C17H15N3O4/c1-11-9-15(20-24-11)17(22)19-14-7-3-2-6-13(14)16(21)18-10-12-5-4-8-23-12/h2-9H,10H2,1H3,(H,18,21)(H,19,22). The van der Waals surface area contributed by atoms with E-state index >= 15 is 0 Å². The maximum Gasteiger partial charge on any atom is 0.277 e. The van der Waals surface area contributed by atoms with Crippen LogP contribution in [0, 0.1) is 6.92 Å². The number of hydrogen-bond acceptors (Lipinski definition) is 5. The van der Waals surface area contributed by atoms with E-state index in [1.807, 2.05) is 0 Å². The van der Waals surface area contributed by atoms with Gasteiger partial charge in [-0.15, -0.1) is 0 Å². The van der Waals surface area contributed by atoms with Gasteiger partial charge in [0.15, 0.2) is 5.69 Å². The Balaban J connectivity index is 1.72. The van der Waals surface area contributed by atoms with Gasteiger partial charge in [-0.2, -0.15) is 0 Å². The van der Waals surface area contributed by atoms with E-state index in [0.717, 1.165) is 0 Å². The Kier molecular flexibility index (Phi) is 4.42. The second-order valence-corrected chi connectivity index (χ2v) is 5.08. The Morgan fingerprint density at radius 1 is 1.12 bits per heavy atom. The molecule has 3 aromatic rings. The summed E-state index contributed by atoms with van der Waals surface area (Å²) in [4.78, 5) is 24.5. The van der Waals surface area contributed by atoms with Crippen LogP contribution in [0.1, 0.15) is 32.4 Å². The molecule has 0 bridgehead atoms. The van der Waals surface area contributed by atoms with Gasteiger partial charge in [-0.25, -0.2) is 0 Å². The summed E-state index contributed by atoms with van der Waals surface area (Å²) in [5, 5.41) is 9.07. The van der Waals surface area contributed by atoms with Crippen LogP contribution >= 0.6 is 0 Å². The first-order valence-electron chi connectivity index (χ1n) is 7.28. The van der Waals surface area contributed by atoms with Gasteiger partial charge >= 0.3 is 0 Å². The normalized spacial score (nSPS) is 10.4. The number of anilines is 1. The van der Waals surface area contributed by atoms with Gasteiger partial charge in [-0.05, 0) is 31.2 Å². The van der Waals surface area contributed by atoms with E-state index in [2.05, 4.69) is 15.8 Å². The number of nitrogens with zero attached hydrogens (tertiary/aromatic N) is 1. The molecule has 2 aromatic heterocycles. The molecule has 0 fully saturated rings. The SMILES string of the molecule is Cc1cc(C(=O)Nc2ccccc2C(=O)NCc2ccco2)no1. The lowest BCUT2D eigenvalue weighted by Crippen LogP contribution is -2.24. The highest BCUT2D eigenvalue weighted by Crippen LogP contribution is 2.16. The molecule has 1 aromatic carbocycles. The van der Waals surface area contributed by atoms with Crippen LogP contribution in [-0.2, 0) is 6.54 Å². The lowest BCUT2D eigenvalue weighted by Gasteiger charge is -2.10. The molecular weight excluding hydrogens is 310 g/mol.